The smallest absolute Gasteiger partial charge is 0.222 e. The molecule has 1 saturated carbocycles. The van der Waals surface area contributed by atoms with Crippen LogP contribution in [0.1, 0.15) is 33.1 Å². The summed E-state index contributed by atoms with van der Waals surface area (Å²) in [6.45, 7) is 4.59. The number of halogens is 1. The Labute approximate surface area is 85.0 Å². The van der Waals surface area contributed by atoms with Gasteiger partial charge in [-0.25, -0.2) is 0 Å². The largest absolute Gasteiger partial charge is 0.354 e. The van der Waals surface area contributed by atoms with E-state index >= 15 is 0 Å². The monoisotopic (exact) mass is 203 g/mol. The number of carbonyl (C=O) groups is 1. The number of hydrogen-bond donors (Lipinski definition) is 1. The molecule has 1 aliphatic carbocycles. The Bertz CT molecular complexity index is 180. The molecule has 0 radical (unpaired) electrons. The summed E-state index contributed by atoms with van der Waals surface area (Å²) in [5, 5.41) is 3.03. The van der Waals surface area contributed by atoms with Crippen molar-refractivity contribution in [2.45, 2.75) is 38.5 Å². The SMILES string of the molecule is CCC(C)C(=O)NCC(Cl)C1CC1. The lowest BCUT2D eigenvalue weighted by molar-refractivity contribution is -0.124. The van der Waals surface area contributed by atoms with Crippen molar-refractivity contribution < 1.29 is 4.79 Å². The maximum atomic E-state index is 11.4. The minimum absolute atomic E-state index is 0.114. The van der Waals surface area contributed by atoms with Crippen molar-refractivity contribution in [3.63, 3.8) is 0 Å². The molecule has 76 valence electrons. The van der Waals surface area contributed by atoms with E-state index in [0.29, 0.717) is 12.5 Å². The van der Waals surface area contributed by atoms with Crippen LogP contribution in [0.3, 0.4) is 0 Å². The zero-order valence-electron chi connectivity index (χ0n) is 8.35. The van der Waals surface area contributed by atoms with E-state index in [4.69, 9.17) is 11.6 Å². The van der Waals surface area contributed by atoms with Crippen molar-refractivity contribution in [3.8, 4) is 0 Å². The molecule has 0 bridgehead atoms. The summed E-state index contributed by atoms with van der Waals surface area (Å²) in [5.41, 5.74) is 0. The third-order valence-electron chi connectivity index (χ3n) is 2.66. The van der Waals surface area contributed by atoms with Gasteiger partial charge >= 0.3 is 0 Å². The van der Waals surface area contributed by atoms with Crippen LogP contribution in [0.4, 0.5) is 0 Å². The Morgan fingerprint density at radius 3 is 2.69 bits per heavy atom. The average Bonchev–Trinajstić information content (AvgIpc) is 2.95. The maximum Gasteiger partial charge on any atom is 0.222 e. The lowest BCUT2D eigenvalue weighted by Gasteiger charge is -2.12. The molecule has 0 aliphatic heterocycles. The van der Waals surface area contributed by atoms with Crippen LogP contribution in [-0.4, -0.2) is 17.8 Å². The quantitative estimate of drug-likeness (QED) is 0.682. The van der Waals surface area contributed by atoms with E-state index in [2.05, 4.69) is 5.32 Å². The molecule has 0 saturated heterocycles. The van der Waals surface area contributed by atoms with Gasteiger partial charge in [-0.1, -0.05) is 13.8 Å². The van der Waals surface area contributed by atoms with Crippen LogP contribution in [0.15, 0.2) is 0 Å². The van der Waals surface area contributed by atoms with Crippen LogP contribution in [0.5, 0.6) is 0 Å². The van der Waals surface area contributed by atoms with Crippen LogP contribution in [0.2, 0.25) is 0 Å². The molecule has 1 fully saturated rings. The molecular formula is C10H18ClNO. The topological polar surface area (TPSA) is 29.1 Å². The van der Waals surface area contributed by atoms with Crippen LogP contribution in [0.25, 0.3) is 0 Å². The molecule has 0 aromatic heterocycles. The molecule has 0 spiro atoms. The number of nitrogens with one attached hydrogen (secondary N) is 1. The van der Waals surface area contributed by atoms with Gasteiger partial charge in [-0.05, 0) is 25.2 Å². The molecule has 1 rings (SSSR count). The number of rotatable bonds is 5. The highest BCUT2D eigenvalue weighted by atomic mass is 35.5. The van der Waals surface area contributed by atoms with Crippen LogP contribution >= 0.6 is 11.6 Å². The minimum Gasteiger partial charge on any atom is -0.354 e. The zero-order chi connectivity index (χ0) is 9.84. The summed E-state index contributed by atoms with van der Waals surface area (Å²) < 4.78 is 0. The Kier molecular flexibility index (Phi) is 4.04. The first-order valence-corrected chi connectivity index (χ1v) is 5.50. The number of hydrogen-bond acceptors (Lipinski definition) is 1. The van der Waals surface area contributed by atoms with Crippen molar-refractivity contribution in [1.82, 2.24) is 5.32 Å². The van der Waals surface area contributed by atoms with Gasteiger partial charge in [-0.2, -0.15) is 0 Å². The van der Waals surface area contributed by atoms with E-state index in [1.807, 2.05) is 13.8 Å². The van der Waals surface area contributed by atoms with Gasteiger partial charge in [0.1, 0.15) is 0 Å². The van der Waals surface area contributed by atoms with Gasteiger partial charge in [0.25, 0.3) is 0 Å². The summed E-state index contributed by atoms with van der Waals surface area (Å²) in [7, 11) is 0. The molecule has 2 unspecified atom stereocenters. The molecule has 0 heterocycles. The van der Waals surface area contributed by atoms with Gasteiger partial charge in [0.15, 0.2) is 0 Å². The van der Waals surface area contributed by atoms with Crippen molar-refractivity contribution in [2.75, 3.05) is 6.54 Å². The van der Waals surface area contributed by atoms with Crippen molar-refractivity contribution in [1.29, 1.82) is 0 Å². The number of amides is 1. The lowest BCUT2D eigenvalue weighted by Crippen LogP contribution is -2.34. The normalized spacial score (nSPS) is 20.8. The van der Waals surface area contributed by atoms with Crippen LogP contribution < -0.4 is 5.32 Å². The highest BCUT2D eigenvalue weighted by Crippen LogP contribution is 2.35. The molecule has 13 heavy (non-hydrogen) atoms. The molecule has 0 aromatic carbocycles. The van der Waals surface area contributed by atoms with Crippen molar-refractivity contribution in [3.05, 3.63) is 0 Å². The Hall–Kier alpha value is -0.240. The van der Waals surface area contributed by atoms with Crippen molar-refractivity contribution in [2.24, 2.45) is 11.8 Å². The highest BCUT2D eigenvalue weighted by Gasteiger charge is 2.29. The van der Waals surface area contributed by atoms with E-state index in [1.165, 1.54) is 12.8 Å². The Morgan fingerprint density at radius 2 is 2.23 bits per heavy atom. The number of alkyl halides is 1. The van der Waals surface area contributed by atoms with Gasteiger partial charge < -0.3 is 5.32 Å². The highest BCUT2D eigenvalue weighted by molar-refractivity contribution is 6.21. The fourth-order valence-electron chi connectivity index (χ4n) is 1.18. The summed E-state index contributed by atoms with van der Waals surface area (Å²) >= 11 is 6.06. The van der Waals surface area contributed by atoms with E-state index in [0.717, 1.165) is 6.42 Å². The summed E-state index contributed by atoms with van der Waals surface area (Å²) in [4.78, 5) is 11.4. The second kappa shape index (κ2) is 4.85. The standard InChI is InChI=1S/C10H18ClNO/c1-3-7(2)10(13)12-6-9(11)8-4-5-8/h7-9H,3-6H2,1-2H3,(H,12,13). The molecule has 0 aromatic rings. The predicted molar refractivity (Wildman–Crippen MR) is 54.8 cm³/mol. The van der Waals surface area contributed by atoms with Gasteiger partial charge in [0.2, 0.25) is 5.91 Å². The van der Waals surface area contributed by atoms with E-state index in [9.17, 15) is 4.79 Å². The molecule has 2 atom stereocenters. The summed E-state index contributed by atoms with van der Waals surface area (Å²) in [6.07, 6.45) is 3.35. The first-order valence-electron chi connectivity index (χ1n) is 5.07. The molecule has 1 N–H and O–H groups in total. The van der Waals surface area contributed by atoms with Gasteiger partial charge in [-0.15, -0.1) is 11.6 Å². The van der Waals surface area contributed by atoms with Crippen LogP contribution in [-0.2, 0) is 4.79 Å². The third-order valence-corrected chi connectivity index (χ3v) is 3.18. The first-order chi connectivity index (χ1) is 6.15. The Balaban J connectivity index is 2.13. The molecule has 1 aliphatic rings. The van der Waals surface area contributed by atoms with Crippen LogP contribution in [0, 0.1) is 11.8 Å². The molecular weight excluding hydrogens is 186 g/mol. The van der Waals surface area contributed by atoms with Gasteiger partial charge in [0, 0.05) is 12.5 Å². The second-order valence-electron chi connectivity index (χ2n) is 3.91. The maximum absolute atomic E-state index is 11.4. The molecule has 1 amide bonds. The second-order valence-corrected chi connectivity index (χ2v) is 4.47. The predicted octanol–water partition coefficient (Wildman–Crippen LogP) is 2.17. The zero-order valence-corrected chi connectivity index (χ0v) is 9.10. The van der Waals surface area contributed by atoms with E-state index in [1.54, 1.807) is 0 Å². The summed E-state index contributed by atoms with van der Waals surface area (Å²) in [5.74, 6) is 0.899. The van der Waals surface area contributed by atoms with E-state index < -0.39 is 0 Å². The fraction of sp³-hybridized carbons (Fsp3) is 0.900. The summed E-state index contributed by atoms with van der Waals surface area (Å²) in [6, 6.07) is 0. The molecule has 2 nitrogen and oxygen atoms in total. The lowest BCUT2D eigenvalue weighted by atomic mass is 10.1. The van der Waals surface area contributed by atoms with E-state index in [-0.39, 0.29) is 17.2 Å². The minimum atomic E-state index is 0.114. The Morgan fingerprint density at radius 1 is 1.62 bits per heavy atom. The van der Waals surface area contributed by atoms with Gasteiger partial charge in [-0.3, -0.25) is 4.79 Å². The number of carbonyl (C=O) groups excluding carboxylic acids is 1. The van der Waals surface area contributed by atoms with Crippen molar-refractivity contribution >= 4 is 17.5 Å². The fourth-order valence-corrected chi connectivity index (χ4v) is 1.51. The third kappa shape index (κ3) is 3.55. The molecule has 3 heteroatoms. The average molecular weight is 204 g/mol. The first kappa shape index (κ1) is 10.8. The van der Waals surface area contributed by atoms with Gasteiger partial charge in [0.05, 0.1) is 5.38 Å².